The zero-order valence-electron chi connectivity index (χ0n) is 16.1. The Hall–Kier alpha value is -3.33. The molecular weight excluding hydrogens is 411 g/mol. The minimum atomic E-state index is -0.669. The van der Waals surface area contributed by atoms with Crippen molar-refractivity contribution in [3.8, 4) is 28.4 Å². The van der Waals surface area contributed by atoms with Crippen LogP contribution in [0.25, 0.3) is 32.2 Å². The first-order valence-corrected chi connectivity index (χ1v) is 10.1. The van der Waals surface area contributed by atoms with Gasteiger partial charge in [-0.25, -0.2) is 4.39 Å². The molecule has 2 N–H and O–H groups in total. The first-order valence-electron chi connectivity index (χ1n) is 9.29. The Labute approximate surface area is 173 Å². The van der Waals surface area contributed by atoms with Gasteiger partial charge in [-0.3, -0.25) is 14.0 Å². The quantitative estimate of drug-likeness (QED) is 0.516. The van der Waals surface area contributed by atoms with E-state index in [1.165, 1.54) is 26.4 Å². The fourth-order valence-corrected chi connectivity index (χ4v) is 4.83. The predicted molar refractivity (Wildman–Crippen MR) is 113 cm³/mol. The number of methoxy groups -OCH3 is 2. The van der Waals surface area contributed by atoms with E-state index in [0.29, 0.717) is 15.9 Å². The van der Waals surface area contributed by atoms with E-state index in [9.17, 15) is 14.7 Å². The van der Waals surface area contributed by atoms with Gasteiger partial charge in [0.15, 0.2) is 17.2 Å². The van der Waals surface area contributed by atoms with Gasteiger partial charge in [0.2, 0.25) is 5.43 Å². The van der Waals surface area contributed by atoms with E-state index in [1.54, 1.807) is 6.07 Å². The molecule has 2 aromatic heterocycles. The molecule has 1 fully saturated rings. The van der Waals surface area contributed by atoms with Gasteiger partial charge in [0.25, 0.3) is 5.56 Å². The predicted octanol–water partition coefficient (Wildman–Crippen LogP) is 3.77. The SMILES string of the molecule is COc1cc(-c2c(F)cc3c(=O)c4c(=O)[nH]sc4n(C4CC4)c3c2OC)ccc1O. The fraction of sp³-hybridized carbons (Fsp3) is 0.238. The van der Waals surface area contributed by atoms with Crippen LogP contribution in [0, 0.1) is 5.82 Å². The van der Waals surface area contributed by atoms with Crippen molar-refractivity contribution >= 4 is 32.7 Å². The van der Waals surface area contributed by atoms with Gasteiger partial charge in [-0.1, -0.05) is 6.07 Å². The number of ether oxygens (including phenoxy) is 2. The number of phenolic OH excluding ortho intramolecular Hbond substituents is 1. The Balaban J connectivity index is 1.97. The van der Waals surface area contributed by atoms with Crippen molar-refractivity contribution in [3.63, 3.8) is 0 Å². The zero-order chi connectivity index (χ0) is 21.2. The molecule has 154 valence electrons. The van der Waals surface area contributed by atoms with E-state index in [1.807, 2.05) is 4.57 Å². The highest BCUT2D eigenvalue weighted by molar-refractivity contribution is 7.12. The molecule has 0 saturated heterocycles. The van der Waals surface area contributed by atoms with Crippen molar-refractivity contribution < 1.29 is 19.0 Å². The number of hydrogen-bond acceptors (Lipinski definition) is 6. The smallest absolute Gasteiger partial charge is 0.271 e. The minimum absolute atomic E-state index is 0.0416. The lowest BCUT2D eigenvalue weighted by molar-refractivity contribution is 0.373. The molecular formula is C21H17FN2O5S. The van der Waals surface area contributed by atoms with Crippen LogP contribution in [-0.4, -0.2) is 28.3 Å². The molecule has 0 atom stereocenters. The monoisotopic (exact) mass is 428 g/mol. The molecule has 0 radical (unpaired) electrons. The van der Waals surface area contributed by atoms with Gasteiger partial charge in [0.1, 0.15) is 16.0 Å². The number of aromatic nitrogens is 2. The molecule has 9 heteroatoms. The van der Waals surface area contributed by atoms with Gasteiger partial charge in [-0.2, -0.15) is 0 Å². The second-order valence-electron chi connectivity index (χ2n) is 7.19. The number of halogens is 1. The van der Waals surface area contributed by atoms with Crippen LogP contribution in [0.15, 0.2) is 33.9 Å². The third-order valence-corrected chi connectivity index (χ3v) is 6.29. The summed E-state index contributed by atoms with van der Waals surface area (Å²) in [6, 6.07) is 5.73. The van der Waals surface area contributed by atoms with Gasteiger partial charge >= 0.3 is 0 Å². The molecule has 0 aliphatic heterocycles. The second kappa shape index (κ2) is 6.60. The van der Waals surface area contributed by atoms with Crippen LogP contribution in [0.5, 0.6) is 17.2 Å². The molecule has 2 heterocycles. The van der Waals surface area contributed by atoms with Crippen LogP contribution >= 0.6 is 11.5 Å². The van der Waals surface area contributed by atoms with Crippen LogP contribution in [0.2, 0.25) is 0 Å². The number of hydrogen-bond donors (Lipinski definition) is 2. The molecule has 7 nitrogen and oxygen atoms in total. The summed E-state index contributed by atoms with van der Waals surface area (Å²) < 4.78 is 30.7. The van der Waals surface area contributed by atoms with Crippen molar-refractivity contribution in [2.45, 2.75) is 18.9 Å². The average Bonchev–Trinajstić information content (AvgIpc) is 3.50. The van der Waals surface area contributed by atoms with E-state index < -0.39 is 16.8 Å². The molecule has 0 bridgehead atoms. The Morgan fingerprint density at radius 3 is 2.63 bits per heavy atom. The molecule has 1 aliphatic carbocycles. The largest absolute Gasteiger partial charge is 0.504 e. The Kier molecular flexibility index (Phi) is 4.11. The van der Waals surface area contributed by atoms with Crippen LogP contribution in [-0.2, 0) is 0 Å². The second-order valence-corrected chi connectivity index (χ2v) is 7.99. The highest BCUT2D eigenvalue weighted by atomic mass is 32.1. The third-order valence-electron chi connectivity index (χ3n) is 5.40. The number of fused-ring (bicyclic) bond motifs is 2. The summed E-state index contributed by atoms with van der Waals surface area (Å²) in [7, 11) is 2.82. The summed E-state index contributed by atoms with van der Waals surface area (Å²) in [6.45, 7) is 0. The Bertz CT molecular complexity index is 1450. The molecule has 1 aliphatic rings. The Morgan fingerprint density at radius 1 is 1.20 bits per heavy atom. The standard InChI is InChI=1S/C21H17FN2O5S/c1-28-14-7-9(3-6-13(14)25)15-12(22)8-11-17(19(15)29-2)24(10-4-5-10)21-16(18(11)26)20(27)23-30-21/h3,6-8,10,25H,4-5H2,1-2H3,(H,23,27). The summed E-state index contributed by atoms with van der Waals surface area (Å²) >= 11 is 1.09. The van der Waals surface area contributed by atoms with E-state index in [4.69, 9.17) is 9.47 Å². The topological polar surface area (TPSA) is 93.6 Å². The fourth-order valence-electron chi connectivity index (χ4n) is 3.91. The first-order chi connectivity index (χ1) is 14.5. The summed E-state index contributed by atoms with van der Waals surface area (Å²) in [6.07, 6.45) is 1.78. The van der Waals surface area contributed by atoms with Gasteiger partial charge in [0, 0.05) is 6.04 Å². The maximum atomic E-state index is 15.3. The number of aromatic hydroxyl groups is 1. The lowest BCUT2D eigenvalue weighted by Crippen LogP contribution is -2.16. The van der Waals surface area contributed by atoms with Crippen molar-refractivity contribution in [3.05, 3.63) is 50.7 Å². The first kappa shape index (κ1) is 18.7. The number of aromatic amines is 1. The minimum Gasteiger partial charge on any atom is -0.504 e. The molecule has 0 spiro atoms. The van der Waals surface area contributed by atoms with Crippen LogP contribution in [0.4, 0.5) is 4.39 Å². The summed E-state index contributed by atoms with van der Waals surface area (Å²) in [5.74, 6) is -0.356. The maximum Gasteiger partial charge on any atom is 0.271 e. The van der Waals surface area contributed by atoms with Gasteiger partial charge in [-0.15, -0.1) is 0 Å². The third kappa shape index (κ3) is 2.55. The van der Waals surface area contributed by atoms with Gasteiger partial charge < -0.3 is 19.1 Å². The van der Waals surface area contributed by atoms with E-state index in [2.05, 4.69) is 4.37 Å². The number of pyridine rings is 1. The van der Waals surface area contributed by atoms with Crippen molar-refractivity contribution in [2.75, 3.05) is 14.2 Å². The van der Waals surface area contributed by atoms with E-state index >= 15 is 4.39 Å². The van der Waals surface area contributed by atoms with Crippen molar-refractivity contribution in [1.29, 1.82) is 0 Å². The van der Waals surface area contributed by atoms with Gasteiger partial charge in [-0.05, 0) is 48.1 Å². The molecule has 30 heavy (non-hydrogen) atoms. The van der Waals surface area contributed by atoms with Crippen LogP contribution < -0.4 is 20.5 Å². The average molecular weight is 428 g/mol. The van der Waals surface area contributed by atoms with Crippen LogP contribution in [0.1, 0.15) is 18.9 Å². The molecule has 4 aromatic rings. The van der Waals surface area contributed by atoms with Gasteiger partial charge in [0.05, 0.1) is 30.7 Å². The number of H-pyrrole nitrogens is 1. The lowest BCUT2D eigenvalue weighted by atomic mass is 9.99. The Morgan fingerprint density at radius 2 is 1.97 bits per heavy atom. The molecule has 0 unspecified atom stereocenters. The highest BCUT2D eigenvalue weighted by Gasteiger charge is 2.32. The highest BCUT2D eigenvalue weighted by Crippen LogP contribution is 2.46. The maximum absolute atomic E-state index is 15.3. The van der Waals surface area contributed by atoms with Crippen LogP contribution in [0.3, 0.4) is 0 Å². The normalized spacial score (nSPS) is 13.8. The summed E-state index contributed by atoms with van der Waals surface area (Å²) in [4.78, 5) is 25.9. The molecule has 5 rings (SSSR count). The van der Waals surface area contributed by atoms with Crippen molar-refractivity contribution in [2.24, 2.45) is 0 Å². The number of nitrogens with zero attached hydrogens (tertiary/aromatic N) is 1. The number of rotatable bonds is 4. The molecule has 0 amide bonds. The summed E-state index contributed by atoms with van der Waals surface area (Å²) in [5.41, 5.74) is 0.0445. The number of phenols is 1. The molecule has 1 saturated carbocycles. The number of benzene rings is 2. The van der Waals surface area contributed by atoms with E-state index in [0.717, 1.165) is 30.4 Å². The van der Waals surface area contributed by atoms with Crippen molar-refractivity contribution in [1.82, 2.24) is 8.94 Å². The number of nitrogens with one attached hydrogen (secondary N) is 1. The lowest BCUT2D eigenvalue weighted by Gasteiger charge is -2.18. The summed E-state index contributed by atoms with van der Waals surface area (Å²) in [5, 5.41) is 10.0. The zero-order valence-corrected chi connectivity index (χ0v) is 16.9. The molecule has 2 aromatic carbocycles. The van der Waals surface area contributed by atoms with E-state index in [-0.39, 0.29) is 39.6 Å².